The number of carbonyl (C=O) groups excluding carboxylic acids is 1. The first-order chi connectivity index (χ1) is 13.2. The minimum Gasteiger partial charge on any atom is -0.355 e. The fourth-order valence-electron chi connectivity index (χ4n) is 3.58. The Labute approximate surface area is 157 Å². The molecule has 0 unspecified atom stereocenters. The quantitative estimate of drug-likeness (QED) is 0.681. The molecule has 1 aromatic heterocycles. The molecule has 2 aromatic carbocycles. The van der Waals surface area contributed by atoms with Crippen molar-refractivity contribution in [3.05, 3.63) is 77.7 Å². The van der Waals surface area contributed by atoms with Crippen molar-refractivity contribution in [3.63, 3.8) is 0 Å². The molecule has 1 saturated heterocycles. The van der Waals surface area contributed by atoms with Gasteiger partial charge in [-0.15, -0.1) is 0 Å². The van der Waals surface area contributed by atoms with Crippen molar-refractivity contribution < 1.29 is 13.7 Å². The van der Waals surface area contributed by atoms with E-state index in [1.165, 1.54) is 17.7 Å². The maximum absolute atomic E-state index is 13.0. The maximum atomic E-state index is 13.0. The molecule has 1 amide bonds. The number of aromatic nitrogens is 1. The molecule has 27 heavy (non-hydrogen) atoms. The average Bonchev–Trinajstić information content (AvgIpc) is 3.20. The smallest absolute Gasteiger partial charge is 0.276 e. The van der Waals surface area contributed by atoms with Crippen LogP contribution in [0.15, 0.2) is 65.2 Å². The highest BCUT2D eigenvalue weighted by Crippen LogP contribution is 2.25. The second kappa shape index (κ2) is 7.74. The van der Waals surface area contributed by atoms with Crippen LogP contribution in [0.1, 0.15) is 28.9 Å². The number of benzene rings is 2. The zero-order chi connectivity index (χ0) is 18.6. The van der Waals surface area contributed by atoms with Gasteiger partial charge in [0.25, 0.3) is 5.91 Å². The normalized spacial score (nSPS) is 15.1. The minimum absolute atomic E-state index is 0.106. The number of piperidine rings is 1. The van der Waals surface area contributed by atoms with E-state index in [-0.39, 0.29) is 11.7 Å². The van der Waals surface area contributed by atoms with E-state index in [4.69, 9.17) is 4.52 Å². The summed E-state index contributed by atoms with van der Waals surface area (Å²) in [7, 11) is 0. The topological polar surface area (TPSA) is 46.3 Å². The molecule has 0 saturated carbocycles. The first-order valence-corrected chi connectivity index (χ1v) is 9.25. The summed E-state index contributed by atoms with van der Waals surface area (Å²) < 4.78 is 18.3. The number of likely N-dealkylation sites (tertiary alicyclic amines) is 1. The van der Waals surface area contributed by atoms with Crippen molar-refractivity contribution in [2.75, 3.05) is 13.1 Å². The minimum atomic E-state index is -0.312. The van der Waals surface area contributed by atoms with E-state index >= 15 is 0 Å². The van der Waals surface area contributed by atoms with E-state index in [1.807, 2.05) is 11.0 Å². The molecule has 2 heterocycles. The van der Waals surface area contributed by atoms with Gasteiger partial charge in [-0.1, -0.05) is 35.5 Å². The molecule has 4 nitrogen and oxygen atoms in total. The zero-order valence-electron chi connectivity index (χ0n) is 15.0. The average molecular weight is 364 g/mol. The van der Waals surface area contributed by atoms with E-state index in [2.05, 4.69) is 29.4 Å². The Hall–Kier alpha value is -2.95. The van der Waals surface area contributed by atoms with Crippen LogP contribution in [0.2, 0.25) is 0 Å². The van der Waals surface area contributed by atoms with Crippen molar-refractivity contribution in [2.24, 2.45) is 5.92 Å². The van der Waals surface area contributed by atoms with Gasteiger partial charge in [0, 0.05) is 24.7 Å². The van der Waals surface area contributed by atoms with E-state index < -0.39 is 0 Å². The second-order valence-electron chi connectivity index (χ2n) is 7.01. The number of halogens is 1. The summed E-state index contributed by atoms with van der Waals surface area (Å²) in [5.41, 5.74) is 2.35. The van der Waals surface area contributed by atoms with Crippen LogP contribution in [-0.4, -0.2) is 29.1 Å². The standard InChI is InChI=1S/C22H21FN2O2/c23-19-8-6-18(7-9-19)21-15-20(24-27-21)22(26)25-12-10-17(11-13-25)14-16-4-2-1-3-5-16/h1-9,15,17H,10-14H2. The van der Waals surface area contributed by atoms with Crippen molar-refractivity contribution in [3.8, 4) is 11.3 Å². The summed E-state index contributed by atoms with van der Waals surface area (Å²) in [6.45, 7) is 1.46. The van der Waals surface area contributed by atoms with Gasteiger partial charge in [0.15, 0.2) is 11.5 Å². The van der Waals surface area contributed by atoms with Crippen LogP contribution >= 0.6 is 0 Å². The molecule has 0 spiro atoms. The van der Waals surface area contributed by atoms with Crippen LogP contribution in [0.4, 0.5) is 4.39 Å². The molecule has 0 atom stereocenters. The first kappa shape index (κ1) is 17.5. The third kappa shape index (κ3) is 4.08. The lowest BCUT2D eigenvalue weighted by Gasteiger charge is -2.31. The van der Waals surface area contributed by atoms with E-state index in [0.717, 1.165) is 32.4 Å². The molecule has 0 aliphatic carbocycles. The highest BCUT2D eigenvalue weighted by atomic mass is 19.1. The van der Waals surface area contributed by atoms with Gasteiger partial charge in [0.05, 0.1) is 0 Å². The number of amides is 1. The Morgan fingerprint density at radius 3 is 2.48 bits per heavy atom. The SMILES string of the molecule is O=C(c1cc(-c2ccc(F)cc2)on1)N1CCC(Cc2ccccc2)CC1. The predicted molar refractivity (Wildman–Crippen MR) is 101 cm³/mol. The third-order valence-electron chi connectivity index (χ3n) is 5.13. The summed E-state index contributed by atoms with van der Waals surface area (Å²) in [4.78, 5) is 14.5. The molecule has 1 aliphatic heterocycles. The van der Waals surface area contributed by atoms with Gasteiger partial charge in [-0.25, -0.2) is 4.39 Å². The fourth-order valence-corrected chi connectivity index (χ4v) is 3.58. The Balaban J connectivity index is 1.36. The van der Waals surface area contributed by atoms with Crippen molar-refractivity contribution in [1.29, 1.82) is 0 Å². The number of hydrogen-bond donors (Lipinski definition) is 0. The second-order valence-corrected chi connectivity index (χ2v) is 7.01. The third-order valence-corrected chi connectivity index (χ3v) is 5.13. The molecular formula is C22H21FN2O2. The van der Waals surface area contributed by atoms with Gasteiger partial charge in [-0.2, -0.15) is 0 Å². The molecule has 0 bridgehead atoms. The lowest BCUT2D eigenvalue weighted by molar-refractivity contribution is 0.0680. The molecular weight excluding hydrogens is 343 g/mol. The molecule has 1 aliphatic rings. The monoisotopic (exact) mass is 364 g/mol. The van der Waals surface area contributed by atoms with Crippen LogP contribution in [0.3, 0.4) is 0 Å². The van der Waals surface area contributed by atoms with Crippen LogP contribution in [0, 0.1) is 11.7 Å². The summed E-state index contributed by atoms with van der Waals surface area (Å²) in [6.07, 6.45) is 3.04. The highest BCUT2D eigenvalue weighted by molar-refractivity contribution is 5.93. The van der Waals surface area contributed by atoms with Gasteiger partial charge in [0.1, 0.15) is 5.82 Å². The van der Waals surface area contributed by atoms with Gasteiger partial charge >= 0.3 is 0 Å². The van der Waals surface area contributed by atoms with Crippen LogP contribution < -0.4 is 0 Å². The van der Waals surface area contributed by atoms with Crippen molar-refractivity contribution >= 4 is 5.91 Å². The Kier molecular flexibility index (Phi) is 5.01. The first-order valence-electron chi connectivity index (χ1n) is 9.25. The summed E-state index contributed by atoms with van der Waals surface area (Å²) in [5.74, 6) is 0.652. The molecule has 0 radical (unpaired) electrons. The number of nitrogens with zero attached hydrogens (tertiary/aromatic N) is 2. The van der Waals surface area contributed by atoms with Gasteiger partial charge in [-0.05, 0) is 55.0 Å². The van der Waals surface area contributed by atoms with Crippen LogP contribution in [0.5, 0.6) is 0 Å². The Morgan fingerprint density at radius 1 is 1.07 bits per heavy atom. The summed E-state index contributed by atoms with van der Waals surface area (Å²) in [6, 6.07) is 18.0. The molecule has 138 valence electrons. The van der Waals surface area contributed by atoms with Crippen LogP contribution in [0.25, 0.3) is 11.3 Å². The Morgan fingerprint density at radius 2 is 1.78 bits per heavy atom. The maximum Gasteiger partial charge on any atom is 0.276 e. The largest absolute Gasteiger partial charge is 0.355 e. The van der Waals surface area contributed by atoms with E-state index in [1.54, 1.807) is 18.2 Å². The van der Waals surface area contributed by atoms with Crippen molar-refractivity contribution in [1.82, 2.24) is 10.1 Å². The zero-order valence-corrected chi connectivity index (χ0v) is 15.0. The number of hydrogen-bond acceptors (Lipinski definition) is 3. The predicted octanol–water partition coefficient (Wildman–Crippen LogP) is 4.58. The lowest BCUT2D eigenvalue weighted by atomic mass is 9.90. The summed E-state index contributed by atoms with van der Waals surface area (Å²) in [5, 5.41) is 3.92. The van der Waals surface area contributed by atoms with Crippen LogP contribution in [-0.2, 0) is 6.42 Å². The van der Waals surface area contributed by atoms with Gasteiger partial charge in [0.2, 0.25) is 0 Å². The molecule has 0 N–H and O–H groups in total. The Bertz CT molecular complexity index is 898. The highest BCUT2D eigenvalue weighted by Gasteiger charge is 2.26. The fraction of sp³-hybridized carbons (Fsp3) is 0.273. The molecule has 3 aromatic rings. The van der Waals surface area contributed by atoms with E-state index in [0.29, 0.717) is 22.9 Å². The van der Waals surface area contributed by atoms with E-state index in [9.17, 15) is 9.18 Å². The molecule has 1 fully saturated rings. The molecule has 5 heteroatoms. The molecule has 4 rings (SSSR count). The lowest BCUT2D eigenvalue weighted by Crippen LogP contribution is -2.39. The summed E-state index contributed by atoms with van der Waals surface area (Å²) >= 11 is 0. The van der Waals surface area contributed by atoms with Gasteiger partial charge < -0.3 is 9.42 Å². The van der Waals surface area contributed by atoms with Crippen molar-refractivity contribution in [2.45, 2.75) is 19.3 Å². The van der Waals surface area contributed by atoms with Gasteiger partial charge in [-0.3, -0.25) is 4.79 Å². The number of carbonyl (C=O) groups is 1. The number of rotatable bonds is 4.